The second-order valence-electron chi connectivity index (χ2n) is 2.96. The smallest absolute Gasteiger partial charge is 0.303 e. The Morgan fingerprint density at radius 1 is 1.36 bits per heavy atom. The van der Waals surface area contributed by atoms with Crippen molar-refractivity contribution >= 4 is 5.97 Å². The number of aliphatic carboxylic acids is 1. The van der Waals surface area contributed by atoms with Crippen molar-refractivity contribution in [3.05, 3.63) is 26.0 Å². The molecule has 0 aliphatic carbocycles. The Balaban J connectivity index is 2.72. The standard InChI is InChI=1S/C8H9NO5/c9-3(1-2-4(10)11)5-6(12)8(14)7(5)13/h3,12H,1-2,9H2,(H,10,11). The average Bonchev–Trinajstić information content (AvgIpc) is 2.14. The highest BCUT2D eigenvalue weighted by atomic mass is 16.4. The van der Waals surface area contributed by atoms with Gasteiger partial charge in [0.25, 0.3) is 5.43 Å². The maximum absolute atomic E-state index is 10.9. The summed E-state index contributed by atoms with van der Waals surface area (Å²) in [7, 11) is 0. The van der Waals surface area contributed by atoms with E-state index in [-0.39, 0.29) is 18.4 Å². The number of hydrogen-bond donors (Lipinski definition) is 3. The number of carboxylic acid groups (broad SMARTS) is 1. The van der Waals surface area contributed by atoms with Gasteiger partial charge in [0.05, 0.1) is 5.56 Å². The first-order valence-corrected chi connectivity index (χ1v) is 3.94. The maximum Gasteiger partial charge on any atom is 0.303 e. The SMILES string of the molecule is NC(CCC(=O)O)c1c(O)c(=O)c1=O. The van der Waals surface area contributed by atoms with Crippen LogP contribution in [0.25, 0.3) is 0 Å². The second-order valence-corrected chi connectivity index (χ2v) is 2.96. The lowest BCUT2D eigenvalue weighted by Gasteiger charge is -2.12. The van der Waals surface area contributed by atoms with Crippen molar-refractivity contribution in [2.24, 2.45) is 5.73 Å². The van der Waals surface area contributed by atoms with E-state index in [0.29, 0.717) is 0 Å². The molecule has 1 rings (SSSR count). The van der Waals surface area contributed by atoms with Gasteiger partial charge in [-0.25, -0.2) is 0 Å². The fourth-order valence-electron chi connectivity index (χ4n) is 1.16. The van der Waals surface area contributed by atoms with Gasteiger partial charge in [0.15, 0.2) is 5.75 Å². The van der Waals surface area contributed by atoms with Gasteiger partial charge < -0.3 is 15.9 Å². The largest absolute Gasteiger partial charge is 0.504 e. The lowest BCUT2D eigenvalue weighted by Crippen LogP contribution is -2.38. The highest BCUT2D eigenvalue weighted by molar-refractivity contribution is 5.66. The molecule has 6 heteroatoms. The van der Waals surface area contributed by atoms with Crippen LogP contribution in [0.15, 0.2) is 9.59 Å². The van der Waals surface area contributed by atoms with Gasteiger partial charge in [0.1, 0.15) is 0 Å². The quantitative estimate of drug-likeness (QED) is 0.527. The zero-order valence-electron chi connectivity index (χ0n) is 7.19. The van der Waals surface area contributed by atoms with E-state index in [2.05, 4.69) is 0 Å². The third-order valence-electron chi connectivity index (χ3n) is 1.96. The van der Waals surface area contributed by atoms with Crippen LogP contribution in [0, 0.1) is 0 Å². The van der Waals surface area contributed by atoms with Crippen LogP contribution in [0.5, 0.6) is 5.75 Å². The van der Waals surface area contributed by atoms with Crippen LogP contribution in [0.1, 0.15) is 24.4 Å². The molecule has 0 saturated heterocycles. The van der Waals surface area contributed by atoms with Crippen LogP contribution >= 0.6 is 0 Å². The average molecular weight is 199 g/mol. The predicted octanol–water partition coefficient (Wildman–Crippen LogP) is -1.15. The molecule has 6 nitrogen and oxygen atoms in total. The van der Waals surface area contributed by atoms with Crippen LogP contribution in [0.2, 0.25) is 0 Å². The minimum atomic E-state index is -1.04. The van der Waals surface area contributed by atoms with E-state index in [1.165, 1.54) is 0 Å². The van der Waals surface area contributed by atoms with Crippen molar-refractivity contribution in [1.29, 1.82) is 0 Å². The minimum absolute atomic E-state index is 0.0216. The third-order valence-corrected chi connectivity index (χ3v) is 1.96. The second kappa shape index (κ2) is 3.59. The number of nitrogens with two attached hydrogens (primary N) is 1. The van der Waals surface area contributed by atoms with Gasteiger partial charge in [-0.3, -0.25) is 14.4 Å². The van der Waals surface area contributed by atoms with Gasteiger partial charge in [-0.1, -0.05) is 0 Å². The highest BCUT2D eigenvalue weighted by Crippen LogP contribution is 2.19. The molecule has 1 aromatic rings. The first kappa shape index (κ1) is 10.4. The Labute approximate surface area is 78.3 Å². The molecule has 0 radical (unpaired) electrons. The first-order valence-electron chi connectivity index (χ1n) is 3.94. The normalized spacial score (nSPS) is 12.9. The molecular formula is C8H9NO5. The summed E-state index contributed by atoms with van der Waals surface area (Å²) in [6.45, 7) is 0. The molecule has 1 unspecified atom stereocenters. The highest BCUT2D eigenvalue weighted by Gasteiger charge is 2.25. The minimum Gasteiger partial charge on any atom is -0.504 e. The Bertz CT molecular complexity index is 429. The van der Waals surface area contributed by atoms with Crippen LogP contribution in [-0.2, 0) is 4.79 Å². The van der Waals surface area contributed by atoms with Gasteiger partial charge in [-0.05, 0) is 6.42 Å². The molecule has 1 atom stereocenters. The van der Waals surface area contributed by atoms with Crippen molar-refractivity contribution in [3.63, 3.8) is 0 Å². The van der Waals surface area contributed by atoms with E-state index < -0.39 is 28.6 Å². The summed E-state index contributed by atoms with van der Waals surface area (Å²) in [4.78, 5) is 31.6. The summed E-state index contributed by atoms with van der Waals surface area (Å²) in [5.41, 5.74) is 3.49. The van der Waals surface area contributed by atoms with Crippen LogP contribution in [0.3, 0.4) is 0 Å². The lowest BCUT2D eigenvalue weighted by molar-refractivity contribution is -0.137. The van der Waals surface area contributed by atoms with Gasteiger partial charge in [0.2, 0.25) is 5.43 Å². The summed E-state index contributed by atoms with van der Waals surface area (Å²) in [5.74, 6) is -1.67. The predicted molar refractivity (Wildman–Crippen MR) is 46.8 cm³/mol. The molecule has 14 heavy (non-hydrogen) atoms. The zero-order valence-corrected chi connectivity index (χ0v) is 7.19. The van der Waals surface area contributed by atoms with Crippen molar-refractivity contribution < 1.29 is 15.0 Å². The Morgan fingerprint density at radius 2 is 1.93 bits per heavy atom. The van der Waals surface area contributed by atoms with Gasteiger partial charge >= 0.3 is 5.97 Å². The Morgan fingerprint density at radius 3 is 2.36 bits per heavy atom. The van der Waals surface area contributed by atoms with E-state index in [4.69, 9.17) is 15.9 Å². The molecule has 4 N–H and O–H groups in total. The monoisotopic (exact) mass is 199 g/mol. The number of rotatable bonds is 4. The number of carbonyl (C=O) groups is 1. The molecule has 0 bridgehead atoms. The number of aromatic hydroxyl groups is 1. The van der Waals surface area contributed by atoms with Crippen molar-refractivity contribution in [3.8, 4) is 5.75 Å². The number of carboxylic acids is 1. The zero-order chi connectivity index (χ0) is 10.9. The molecule has 0 saturated carbocycles. The van der Waals surface area contributed by atoms with E-state index in [9.17, 15) is 14.4 Å². The van der Waals surface area contributed by atoms with E-state index in [1.807, 2.05) is 0 Å². The fraction of sp³-hybridized carbons (Fsp3) is 0.375. The van der Waals surface area contributed by atoms with Gasteiger partial charge in [-0.2, -0.15) is 0 Å². The molecule has 0 amide bonds. The first-order chi connectivity index (χ1) is 6.45. The lowest BCUT2D eigenvalue weighted by atomic mass is 9.98. The van der Waals surface area contributed by atoms with Crippen LogP contribution < -0.4 is 16.6 Å². The molecule has 76 valence electrons. The Kier molecular flexibility index (Phi) is 2.66. The van der Waals surface area contributed by atoms with Crippen molar-refractivity contribution in [1.82, 2.24) is 0 Å². The third kappa shape index (κ3) is 1.64. The summed E-state index contributed by atoms with van der Waals surface area (Å²) in [5, 5.41) is 17.3. The molecule has 0 aromatic heterocycles. The summed E-state index contributed by atoms with van der Waals surface area (Å²) in [6, 6.07) is -0.878. The van der Waals surface area contributed by atoms with Gasteiger partial charge in [-0.15, -0.1) is 0 Å². The van der Waals surface area contributed by atoms with Gasteiger partial charge in [0, 0.05) is 12.5 Å². The van der Waals surface area contributed by atoms with Crippen molar-refractivity contribution in [2.75, 3.05) is 0 Å². The molecule has 0 spiro atoms. The summed E-state index contributed by atoms with van der Waals surface area (Å²) >= 11 is 0. The Hall–Kier alpha value is -1.69. The summed E-state index contributed by atoms with van der Waals surface area (Å²) in [6.07, 6.45) is -0.187. The molecule has 0 aliphatic heterocycles. The van der Waals surface area contributed by atoms with E-state index in [0.717, 1.165) is 0 Å². The molecule has 0 heterocycles. The van der Waals surface area contributed by atoms with Crippen LogP contribution in [-0.4, -0.2) is 16.2 Å². The summed E-state index contributed by atoms with van der Waals surface area (Å²) < 4.78 is 0. The van der Waals surface area contributed by atoms with Crippen molar-refractivity contribution in [2.45, 2.75) is 18.9 Å². The van der Waals surface area contributed by atoms with E-state index in [1.54, 1.807) is 0 Å². The fourth-order valence-corrected chi connectivity index (χ4v) is 1.16. The van der Waals surface area contributed by atoms with Crippen LogP contribution in [0.4, 0.5) is 0 Å². The topological polar surface area (TPSA) is 118 Å². The maximum atomic E-state index is 10.9. The molecular weight excluding hydrogens is 190 g/mol. The molecule has 1 aromatic carbocycles. The van der Waals surface area contributed by atoms with E-state index >= 15 is 0 Å². The number of hydrogen-bond acceptors (Lipinski definition) is 5. The molecule has 0 fully saturated rings. The molecule has 0 aliphatic rings.